The molecule has 6 atom stereocenters. The Hall–Kier alpha value is -4.58. The molecule has 1 fully saturated rings. The van der Waals surface area contributed by atoms with Crippen molar-refractivity contribution in [2.75, 3.05) is 18.9 Å². The van der Waals surface area contributed by atoms with E-state index in [-0.39, 0.29) is 23.9 Å². The minimum absolute atomic E-state index is 0.0777. The number of hydrogen-bond acceptors (Lipinski definition) is 13. The minimum atomic E-state index is -4.47. The smallest absolute Gasteiger partial charge is 0.459 e. The molecule has 3 heterocycles. The lowest BCUT2D eigenvalue weighted by Gasteiger charge is -2.26. The maximum absolute atomic E-state index is 14.4. The van der Waals surface area contributed by atoms with Crippen LogP contribution in [0, 0.1) is 17.2 Å². The Labute approximate surface area is 270 Å². The van der Waals surface area contributed by atoms with Gasteiger partial charge in [0.25, 0.3) is 0 Å². The summed E-state index contributed by atoms with van der Waals surface area (Å²) in [6.07, 6.45) is -3.42. The molecule has 0 radical (unpaired) electrons. The van der Waals surface area contributed by atoms with Crippen molar-refractivity contribution in [3.8, 4) is 11.8 Å². The zero-order valence-corrected chi connectivity index (χ0v) is 27.0. The highest BCUT2D eigenvalue weighted by Gasteiger charge is 2.60. The van der Waals surface area contributed by atoms with Gasteiger partial charge in [-0.25, -0.2) is 14.1 Å². The third-order valence-electron chi connectivity index (χ3n) is 7.55. The first kappa shape index (κ1) is 33.8. The number of carbonyl (C=O) groups is 2. The molecule has 6 unspecified atom stereocenters. The Morgan fingerprint density at radius 2 is 1.91 bits per heavy atom. The first-order valence-corrected chi connectivity index (χ1v) is 16.4. The average molecular weight is 667 g/mol. The largest absolute Gasteiger partial charge is 0.465 e. The molecule has 1 aliphatic rings. The lowest BCUT2D eigenvalue weighted by Crippen LogP contribution is -2.43. The van der Waals surface area contributed by atoms with Crippen LogP contribution >= 0.6 is 7.75 Å². The van der Waals surface area contributed by atoms with Crippen molar-refractivity contribution in [2.24, 2.45) is 5.92 Å². The van der Waals surface area contributed by atoms with Gasteiger partial charge in [0, 0.05) is 5.39 Å². The van der Waals surface area contributed by atoms with Crippen LogP contribution in [0.1, 0.15) is 33.4 Å². The number of anilines is 1. The molecular formula is C31H35N6O9P. The molecule has 5 rings (SSSR count). The van der Waals surface area contributed by atoms with Crippen molar-refractivity contribution in [2.45, 2.75) is 57.6 Å². The second-order valence-electron chi connectivity index (χ2n) is 11.1. The minimum Gasteiger partial charge on any atom is -0.465 e. The molecule has 4 N–H and O–H groups in total. The molecule has 1 saturated heterocycles. The number of benzene rings is 2. The van der Waals surface area contributed by atoms with Crippen molar-refractivity contribution in [3.63, 3.8) is 0 Å². The Morgan fingerprint density at radius 1 is 1.17 bits per heavy atom. The van der Waals surface area contributed by atoms with Crippen molar-refractivity contribution >= 4 is 41.8 Å². The van der Waals surface area contributed by atoms with Gasteiger partial charge in [0.1, 0.15) is 41.9 Å². The molecule has 0 amide bonds. The molecule has 47 heavy (non-hydrogen) atoms. The normalized spacial score (nSPS) is 22.9. The van der Waals surface area contributed by atoms with Gasteiger partial charge in [0.05, 0.1) is 24.8 Å². The van der Waals surface area contributed by atoms with Crippen LogP contribution in [0.25, 0.3) is 16.3 Å². The number of esters is 2. The molecule has 0 spiro atoms. The number of aromatic nitrogens is 3. The molecule has 16 heteroatoms. The summed E-state index contributed by atoms with van der Waals surface area (Å²) in [5.74, 6) is -1.70. The molecule has 248 valence electrons. The van der Waals surface area contributed by atoms with Crippen LogP contribution in [0.5, 0.6) is 5.75 Å². The predicted molar refractivity (Wildman–Crippen MR) is 168 cm³/mol. The highest BCUT2D eigenvalue weighted by Crippen LogP contribution is 2.49. The second kappa shape index (κ2) is 13.6. The van der Waals surface area contributed by atoms with Gasteiger partial charge in [-0.05, 0) is 37.4 Å². The van der Waals surface area contributed by atoms with Crippen LogP contribution in [0.15, 0.2) is 60.9 Å². The second-order valence-corrected chi connectivity index (χ2v) is 12.8. The molecule has 15 nitrogen and oxygen atoms in total. The average Bonchev–Trinajstić information content (AvgIpc) is 3.60. The highest BCUT2D eigenvalue weighted by molar-refractivity contribution is 7.52. The Balaban J connectivity index is 1.51. The fourth-order valence-electron chi connectivity index (χ4n) is 5.17. The number of nitrogens with one attached hydrogen (secondary N) is 1. The number of hydrogen-bond donors (Lipinski definition) is 3. The highest BCUT2D eigenvalue weighted by atomic mass is 31.2. The third-order valence-corrected chi connectivity index (χ3v) is 9.18. The molecule has 2 aromatic carbocycles. The number of aliphatic hydroxyl groups excluding tert-OH is 1. The summed E-state index contributed by atoms with van der Waals surface area (Å²) in [5.41, 5.74) is 4.26. The van der Waals surface area contributed by atoms with Gasteiger partial charge < -0.3 is 29.6 Å². The van der Waals surface area contributed by atoms with E-state index in [9.17, 15) is 24.5 Å². The summed E-state index contributed by atoms with van der Waals surface area (Å²) in [6.45, 7) is 5.71. The van der Waals surface area contributed by atoms with Crippen molar-refractivity contribution < 1.29 is 42.5 Å². The third kappa shape index (κ3) is 6.64. The quantitative estimate of drug-likeness (QED) is 0.146. The van der Waals surface area contributed by atoms with Gasteiger partial charge in [-0.1, -0.05) is 50.2 Å². The lowest BCUT2D eigenvalue weighted by molar-refractivity contribution is -0.160. The summed E-state index contributed by atoms with van der Waals surface area (Å²) >= 11 is 0. The van der Waals surface area contributed by atoms with E-state index in [0.29, 0.717) is 10.9 Å². The van der Waals surface area contributed by atoms with Crippen LogP contribution in [-0.4, -0.2) is 69.2 Å². The predicted octanol–water partition coefficient (Wildman–Crippen LogP) is 3.26. The molecule has 4 aromatic rings. The van der Waals surface area contributed by atoms with Gasteiger partial charge in [-0.15, -0.1) is 0 Å². The van der Waals surface area contributed by atoms with E-state index in [4.69, 9.17) is 29.0 Å². The number of nitriles is 1. The van der Waals surface area contributed by atoms with Gasteiger partial charge >= 0.3 is 19.7 Å². The maximum atomic E-state index is 14.4. The summed E-state index contributed by atoms with van der Waals surface area (Å²) in [6, 6.07) is 16.2. The Bertz CT molecular complexity index is 1870. The van der Waals surface area contributed by atoms with Crippen LogP contribution in [0.4, 0.5) is 5.82 Å². The van der Waals surface area contributed by atoms with Gasteiger partial charge in [0.2, 0.25) is 5.60 Å². The fraction of sp³-hybridized carbons (Fsp3) is 0.387. The zero-order chi connectivity index (χ0) is 33.9. The number of ether oxygens (including phenoxy) is 3. The molecule has 2 aromatic heterocycles. The first-order valence-electron chi connectivity index (χ1n) is 14.9. The van der Waals surface area contributed by atoms with Gasteiger partial charge in [-0.3, -0.25) is 14.1 Å². The molecule has 0 aliphatic carbocycles. The van der Waals surface area contributed by atoms with Crippen LogP contribution in [-0.2, 0) is 38.5 Å². The van der Waals surface area contributed by atoms with Gasteiger partial charge in [-0.2, -0.15) is 15.4 Å². The number of carbonyl (C=O) groups excluding carboxylic acids is 2. The number of nitrogen functional groups attached to an aromatic ring is 1. The zero-order valence-electron chi connectivity index (χ0n) is 26.1. The van der Waals surface area contributed by atoms with Crippen molar-refractivity contribution in [1.82, 2.24) is 19.7 Å². The fourth-order valence-corrected chi connectivity index (χ4v) is 6.69. The number of nitrogens with two attached hydrogens (primary N) is 1. The van der Waals surface area contributed by atoms with Crippen LogP contribution < -0.4 is 15.3 Å². The Morgan fingerprint density at radius 3 is 2.64 bits per heavy atom. The summed E-state index contributed by atoms with van der Waals surface area (Å²) in [5, 5.41) is 30.3. The summed E-state index contributed by atoms with van der Waals surface area (Å²) in [7, 11) is -4.47. The van der Waals surface area contributed by atoms with Crippen molar-refractivity contribution in [1.29, 1.82) is 5.26 Å². The van der Waals surface area contributed by atoms with E-state index in [2.05, 4.69) is 15.2 Å². The maximum Gasteiger partial charge on any atom is 0.459 e. The van der Waals surface area contributed by atoms with E-state index < -0.39 is 62.2 Å². The molecule has 0 bridgehead atoms. The SMILES string of the molecule is CCOC(=O)C(C)NP(=O)(OCC1OC(C#N)(c2ccc3c(N)ncnn23)C(O)C1OC(=O)C(C)C)Oc1cccc2ccccc12. The van der Waals surface area contributed by atoms with E-state index in [0.717, 1.165) is 5.39 Å². The lowest BCUT2D eigenvalue weighted by atomic mass is 9.92. The van der Waals surface area contributed by atoms with E-state index in [1.54, 1.807) is 51.1 Å². The van der Waals surface area contributed by atoms with E-state index >= 15 is 0 Å². The summed E-state index contributed by atoms with van der Waals surface area (Å²) < 4.78 is 44.4. The first-order chi connectivity index (χ1) is 22.4. The monoisotopic (exact) mass is 666 g/mol. The van der Waals surface area contributed by atoms with Gasteiger partial charge in [0.15, 0.2) is 11.9 Å². The van der Waals surface area contributed by atoms with E-state index in [1.165, 1.54) is 23.8 Å². The van der Waals surface area contributed by atoms with E-state index in [1.807, 2.05) is 24.3 Å². The van der Waals surface area contributed by atoms with Crippen LogP contribution in [0.2, 0.25) is 0 Å². The summed E-state index contributed by atoms with van der Waals surface area (Å²) in [4.78, 5) is 29.3. The van der Waals surface area contributed by atoms with Crippen LogP contribution in [0.3, 0.4) is 0 Å². The van der Waals surface area contributed by atoms with Crippen molar-refractivity contribution in [3.05, 3.63) is 66.6 Å². The molecule has 0 saturated carbocycles. The standard InChI is InChI=1S/C31H35N6O9P/c1-5-42-30(40)19(4)36-47(41,46-23-12-8-10-20-9-6-7-11-21(20)23)43-15-24-26(44-29(39)18(2)3)27(38)31(16-32,45-24)25-14-13-22-28(33)34-17-35-37(22)25/h6-14,17-19,24,26-27,38H,5,15H2,1-4H3,(H,36,41)(H2,33,34,35). The number of fused-ring (bicyclic) bond motifs is 2. The molecular weight excluding hydrogens is 631 g/mol. The number of rotatable bonds is 12. The molecule has 1 aliphatic heterocycles. The topological polar surface area (TPSA) is 210 Å². The number of nitrogens with zero attached hydrogens (tertiary/aromatic N) is 4. The Kier molecular flexibility index (Phi) is 9.81. The number of aliphatic hydroxyl groups is 1.